The quantitative estimate of drug-likeness (QED) is 0.0655. The van der Waals surface area contributed by atoms with E-state index in [0.717, 1.165) is 34.8 Å². The number of methoxy groups -OCH3 is 2. The van der Waals surface area contributed by atoms with E-state index < -0.39 is 97.5 Å². The van der Waals surface area contributed by atoms with E-state index >= 15 is 0 Å². The highest BCUT2D eigenvalue weighted by atomic mass is 16.7. The minimum absolute atomic E-state index is 0.0703. The van der Waals surface area contributed by atoms with Crippen LogP contribution in [-0.4, -0.2) is 138 Å². The van der Waals surface area contributed by atoms with Crippen LogP contribution in [0.25, 0.3) is 0 Å². The van der Waals surface area contributed by atoms with Crippen molar-refractivity contribution in [3.63, 3.8) is 0 Å². The van der Waals surface area contributed by atoms with Gasteiger partial charge in [-0.25, -0.2) is 4.79 Å². The average molecular weight is 781 g/mol. The fraction of sp³-hybridized carbons (Fsp3) is 0.583. The molecule has 55 heavy (non-hydrogen) atoms. The SMILES string of the molecule is C#CCOCCOCCO[C@]1(C(=O)OC)C[C@H](OC(C)=O)[C@@H](NC(=O)COC(C)=O)[C@H](C(OC(C)=O)[C@@H](CNC(=O)Cc2ccc(OC)cc2)OC(C)=O)O1. The molecule has 1 aliphatic heterocycles. The zero-order chi connectivity index (χ0) is 41.0. The van der Waals surface area contributed by atoms with Gasteiger partial charge in [-0.3, -0.25) is 28.8 Å². The summed E-state index contributed by atoms with van der Waals surface area (Å²) >= 11 is 0. The highest BCUT2D eigenvalue weighted by Gasteiger charge is 2.59. The van der Waals surface area contributed by atoms with Gasteiger partial charge < -0.3 is 58.0 Å². The van der Waals surface area contributed by atoms with Gasteiger partial charge in [0.15, 0.2) is 18.8 Å². The minimum Gasteiger partial charge on any atom is -0.497 e. The Morgan fingerprint density at radius 2 is 1.53 bits per heavy atom. The normalized spacial score (nSPS) is 20.0. The molecule has 0 bridgehead atoms. The molecule has 6 atom stereocenters. The van der Waals surface area contributed by atoms with Gasteiger partial charge in [-0.15, -0.1) is 6.42 Å². The third-order valence-corrected chi connectivity index (χ3v) is 7.55. The lowest BCUT2D eigenvalue weighted by molar-refractivity contribution is -0.315. The van der Waals surface area contributed by atoms with Crippen molar-refractivity contribution < 1.29 is 80.9 Å². The predicted molar refractivity (Wildman–Crippen MR) is 186 cm³/mol. The maximum Gasteiger partial charge on any atom is 0.366 e. The second kappa shape index (κ2) is 23.5. The van der Waals surface area contributed by atoms with Crippen LogP contribution in [0.3, 0.4) is 0 Å². The van der Waals surface area contributed by atoms with Gasteiger partial charge in [0.2, 0.25) is 5.91 Å². The van der Waals surface area contributed by atoms with Gasteiger partial charge in [-0.2, -0.15) is 0 Å². The van der Waals surface area contributed by atoms with Crippen molar-refractivity contribution >= 4 is 41.7 Å². The average Bonchev–Trinajstić information content (AvgIpc) is 3.13. The van der Waals surface area contributed by atoms with Crippen LogP contribution in [0.2, 0.25) is 0 Å². The Morgan fingerprint density at radius 1 is 0.873 bits per heavy atom. The molecule has 0 saturated carbocycles. The maximum atomic E-state index is 13.5. The van der Waals surface area contributed by atoms with Crippen molar-refractivity contribution in [2.45, 2.75) is 76.8 Å². The third-order valence-electron chi connectivity index (χ3n) is 7.55. The van der Waals surface area contributed by atoms with E-state index in [4.69, 9.17) is 53.8 Å². The molecule has 304 valence electrons. The Morgan fingerprint density at radius 3 is 2.11 bits per heavy atom. The van der Waals surface area contributed by atoms with Gasteiger partial charge in [0.1, 0.15) is 24.6 Å². The number of carbonyl (C=O) groups is 7. The van der Waals surface area contributed by atoms with E-state index in [-0.39, 0.29) is 39.5 Å². The zero-order valence-electron chi connectivity index (χ0n) is 31.6. The summed E-state index contributed by atoms with van der Waals surface area (Å²) in [5.74, 6) is -5.60. The van der Waals surface area contributed by atoms with Crippen molar-refractivity contribution in [2.24, 2.45) is 0 Å². The largest absolute Gasteiger partial charge is 0.497 e. The van der Waals surface area contributed by atoms with Crippen LogP contribution in [0.1, 0.15) is 39.7 Å². The Kier molecular flexibility index (Phi) is 19.6. The summed E-state index contributed by atoms with van der Waals surface area (Å²) in [5, 5.41) is 5.16. The molecule has 1 heterocycles. The molecule has 19 nitrogen and oxygen atoms in total. The van der Waals surface area contributed by atoms with Gasteiger partial charge in [-0.05, 0) is 17.7 Å². The lowest BCUT2D eigenvalue weighted by atomic mass is 9.87. The number of terminal acetylenes is 1. The van der Waals surface area contributed by atoms with Crippen LogP contribution in [0, 0.1) is 12.3 Å². The Labute approximate surface area is 318 Å². The summed E-state index contributed by atoms with van der Waals surface area (Å²) in [6.07, 6.45) is -2.11. The fourth-order valence-electron chi connectivity index (χ4n) is 5.36. The molecule has 1 aromatic carbocycles. The smallest absolute Gasteiger partial charge is 0.366 e. The summed E-state index contributed by atoms with van der Waals surface area (Å²) in [7, 11) is 2.52. The summed E-state index contributed by atoms with van der Waals surface area (Å²) in [6, 6.07) is 5.16. The van der Waals surface area contributed by atoms with E-state index in [9.17, 15) is 33.6 Å². The number of carbonyl (C=O) groups excluding carboxylic acids is 7. The lowest BCUT2D eigenvalue weighted by Crippen LogP contribution is -2.70. The molecule has 2 N–H and O–H groups in total. The molecule has 0 aromatic heterocycles. The Bertz CT molecular complexity index is 1510. The third kappa shape index (κ3) is 15.9. The molecule has 1 unspecified atom stereocenters. The number of nitrogens with one attached hydrogen (secondary N) is 2. The van der Waals surface area contributed by atoms with Gasteiger partial charge in [-0.1, -0.05) is 18.1 Å². The van der Waals surface area contributed by atoms with E-state index in [2.05, 4.69) is 16.6 Å². The van der Waals surface area contributed by atoms with Crippen LogP contribution in [0.5, 0.6) is 5.75 Å². The number of benzene rings is 1. The first-order valence-corrected chi connectivity index (χ1v) is 17.0. The van der Waals surface area contributed by atoms with E-state index in [1.54, 1.807) is 24.3 Å². The molecule has 1 aliphatic rings. The lowest BCUT2D eigenvalue weighted by Gasteiger charge is -2.48. The first-order valence-electron chi connectivity index (χ1n) is 17.0. The van der Waals surface area contributed by atoms with Crippen molar-refractivity contribution in [2.75, 3.05) is 60.4 Å². The summed E-state index contributed by atoms with van der Waals surface area (Å²) in [4.78, 5) is 88.8. The summed E-state index contributed by atoms with van der Waals surface area (Å²) in [5.41, 5.74) is 0.610. The standard InChI is InChI=1S/C36H48N2O17/c1-8-13-48-14-15-49-16-17-51-36(35(45)47-7)19-28(52-23(3)40)32(38-31(44)21-50-22(2)39)34(55-36)33(54-25(5)42)29(53-24(4)41)20-37-30(43)18-26-9-11-27(46-6)12-10-26/h1,9-12,28-29,32-34H,13-21H2,2-7H3,(H,37,43)(H,38,44)/t28-,29+,32+,33?,34+,36+/m0/s1. The second-order valence-corrected chi connectivity index (χ2v) is 11.8. The molecule has 0 aliphatic carbocycles. The molecule has 2 rings (SSSR count). The highest BCUT2D eigenvalue weighted by Crippen LogP contribution is 2.37. The maximum absolute atomic E-state index is 13.5. The van der Waals surface area contributed by atoms with Crippen LogP contribution in [-0.2, 0) is 82.6 Å². The zero-order valence-corrected chi connectivity index (χ0v) is 31.6. The molecule has 1 fully saturated rings. The van der Waals surface area contributed by atoms with Gasteiger partial charge >= 0.3 is 29.8 Å². The van der Waals surface area contributed by atoms with E-state index in [1.807, 2.05) is 0 Å². The van der Waals surface area contributed by atoms with Gasteiger partial charge in [0.05, 0.1) is 66.1 Å². The fourth-order valence-corrected chi connectivity index (χ4v) is 5.36. The Hall–Kier alpha value is -5.29. The van der Waals surface area contributed by atoms with Gasteiger partial charge in [0.25, 0.3) is 11.7 Å². The van der Waals surface area contributed by atoms with E-state index in [1.165, 1.54) is 7.11 Å². The first kappa shape index (κ1) is 45.9. The first-order chi connectivity index (χ1) is 26.1. The number of esters is 5. The molecule has 19 heteroatoms. The highest BCUT2D eigenvalue weighted by molar-refractivity contribution is 5.81. The van der Waals surface area contributed by atoms with Crippen molar-refractivity contribution in [1.29, 1.82) is 0 Å². The summed E-state index contributed by atoms with van der Waals surface area (Å²) in [6.45, 7) is 2.83. The van der Waals surface area contributed by atoms with Crippen LogP contribution >= 0.6 is 0 Å². The van der Waals surface area contributed by atoms with Crippen LogP contribution in [0.4, 0.5) is 0 Å². The van der Waals surface area contributed by atoms with Crippen LogP contribution in [0.15, 0.2) is 24.3 Å². The molecule has 1 saturated heterocycles. The molecule has 0 spiro atoms. The topological polar surface area (TPSA) is 236 Å². The van der Waals surface area contributed by atoms with E-state index in [0.29, 0.717) is 11.3 Å². The second-order valence-electron chi connectivity index (χ2n) is 11.8. The van der Waals surface area contributed by atoms with Crippen molar-refractivity contribution in [3.8, 4) is 18.1 Å². The van der Waals surface area contributed by atoms with Crippen molar-refractivity contribution in [3.05, 3.63) is 29.8 Å². The van der Waals surface area contributed by atoms with Crippen molar-refractivity contribution in [1.82, 2.24) is 10.6 Å². The number of amides is 2. The van der Waals surface area contributed by atoms with Gasteiger partial charge in [0, 0.05) is 27.7 Å². The molecule has 2 amide bonds. The molecular weight excluding hydrogens is 732 g/mol. The monoisotopic (exact) mass is 780 g/mol. The molecule has 1 aromatic rings. The number of rotatable bonds is 22. The van der Waals surface area contributed by atoms with Crippen LogP contribution < -0.4 is 15.4 Å². The Balaban J connectivity index is 2.60. The number of hydrogen-bond acceptors (Lipinski definition) is 17. The number of ether oxygens (including phenoxy) is 10. The molecule has 0 radical (unpaired) electrons. The minimum atomic E-state index is -2.42. The molecular formula is C36H48N2O17. The number of hydrogen-bond donors (Lipinski definition) is 2. The summed E-state index contributed by atoms with van der Waals surface area (Å²) < 4.78 is 54.6. The predicted octanol–water partition coefficient (Wildman–Crippen LogP) is -0.462.